The van der Waals surface area contributed by atoms with E-state index in [2.05, 4.69) is 15.4 Å². The maximum atomic E-state index is 13.0. The molecule has 0 fully saturated rings. The lowest BCUT2D eigenvalue weighted by Crippen LogP contribution is -2.19. The fraction of sp³-hybridized carbons (Fsp3) is 0.333. The van der Waals surface area contributed by atoms with Gasteiger partial charge in [0.15, 0.2) is 0 Å². The minimum atomic E-state index is -2.97. The van der Waals surface area contributed by atoms with E-state index in [0.29, 0.717) is 16.5 Å². The van der Waals surface area contributed by atoms with E-state index < -0.39 is 9.84 Å². The van der Waals surface area contributed by atoms with Crippen LogP contribution in [0.4, 0.5) is 9.52 Å². The maximum absolute atomic E-state index is 13.0. The summed E-state index contributed by atoms with van der Waals surface area (Å²) in [7, 11) is -2.97. The van der Waals surface area contributed by atoms with Gasteiger partial charge in [-0.1, -0.05) is 11.3 Å². The Labute approximate surface area is 143 Å². The fourth-order valence-corrected chi connectivity index (χ4v) is 3.87. The van der Waals surface area contributed by atoms with E-state index in [1.54, 1.807) is 22.8 Å². The maximum Gasteiger partial charge on any atom is 0.214 e. The van der Waals surface area contributed by atoms with Gasteiger partial charge in [-0.05, 0) is 37.6 Å². The van der Waals surface area contributed by atoms with E-state index in [-0.39, 0.29) is 17.6 Å². The molecule has 3 aromatic rings. The Hall–Kier alpha value is -2.00. The highest BCUT2D eigenvalue weighted by atomic mass is 32.2. The minimum absolute atomic E-state index is 0.00727. The van der Waals surface area contributed by atoms with Crippen molar-refractivity contribution in [1.82, 2.24) is 14.6 Å². The molecule has 0 radical (unpaired) electrons. The average molecular weight is 368 g/mol. The lowest BCUT2D eigenvalue weighted by Gasteiger charge is -2.11. The fourth-order valence-electron chi connectivity index (χ4n) is 2.19. The first-order valence-electron chi connectivity index (χ1n) is 7.36. The standard InChI is InChI=1S/C15H17FN4O2S2/c1-10(7-8-24(2,21)22)17-14-19-20-9-13(18-15(20)23-14)11-3-5-12(16)6-4-11/h3-6,9-10H,7-8H2,1-2H3,(H,17,19). The molecule has 9 heteroatoms. The molecule has 128 valence electrons. The highest BCUT2D eigenvalue weighted by molar-refractivity contribution is 7.90. The molecule has 0 bridgehead atoms. The first-order chi connectivity index (χ1) is 11.3. The van der Waals surface area contributed by atoms with Gasteiger partial charge < -0.3 is 5.32 Å². The lowest BCUT2D eigenvalue weighted by atomic mass is 10.2. The van der Waals surface area contributed by atoms with Crippen molar-refractivity contribution in [2.45, 2.75) is 19.4 Å². The second kappa shape index (κ2) is 6.48. The number of hydrogen-bond acceptors (Lipinski definition) is 6. The van der Waals surface area contributed by atoms with E-state index in [1.807, 2.05) is 6.92 Å². The number of aromatic nitrogens is 3. The Morgan fingerprint density at radius 1 is 1.33 bits per heavy atom. The summed E-state index contributed by atoms with van der Waals surface area (Å²) in [5.74, 6) is -0.147. The number of anilines is 1. The number of benzene rings is 1. The largest absolute Gasteiger partial charge is 0.358 e. The first-order valence-corrected chi connectivity index (χ1v) is 10.2. The van der Waals surface area contributed by atoms with E-state index in [9.17, 15) is 12.8 Å². The molecule has 0 aliphatic heterocycles. The van der Waals surface area contributed by atoms with Gasteiger partial charge in [0.2, 0.25) is 10.1 Å². The van der Waals surface area contributed by atoms with Gasteiger partial charge in [0.05, 0.1) is 17.6 Å². The van der Waals surface area contributed by atoms with Crippen molar-refractivity contribution in [3.8, 4) is 11.3 Å². The van der Waals surface area contributed by atoms with Crippen LogP contribution in [0.2, 0.25) is 0 Å². The predicted octanol–water partition coefficient (Wildman–Crippen LogP) is 2.83. The Morgan fingerprint density at radius 2 is 2.04 bits per heavy atom. The number of nitrogens with zero attached hydrogens (tertiary/aromatic N) is 3. The van der Waals surface area contributed by atoms with Crippen molar-refractivity contribution in [1.29, 1.82) is 0 Å². The van der Waals surface area contributed by atoms with Crippen molar-refractivity contribution in [3.05, 3.63) is 36.3 Å². The Kier molecular flexibility index (Phi) is 4.55. The number of rotatable bonds is 6. The Balaban J connectivity index is 1.71. The van der Waals surface area contributed by atoms with Crippen molar-refractivity contribution in [3.63, 3.8) is 0 Å². The van der Waals surface area contributed by atoms with Crippen LogP contribution in [-0.2, 0) is 9.84 Å². The summed E-state index contributed by atoms with van der Waals surface area (Å²) in [5, 5.41) is 8.27. The van der Waals surface area contributed by atoms with E-state index in [4.69, 9.17) is 0 Å². The van der Waals surface area contributed by atoms with Gasteiger partial charge in [0.1, 0.15) is 15.7 Å². The summed E-state index contributed by atoms with van der Waals surface area (Å²) in [6.45, 7) is 1.92. The molecule has 0 amide bonds. The first kappa shape index (κ1) is 16.8. The van der Waals surface area contributed by atoms with Crippen LogP contribution in [0.5, 0.6) is 0 Å². The summed E-state index contributed by atoms with van der Waals surface area (Å²) < 4.78 is 37.0. The van der Waals surface area contributed by atoms with Crippen molar-refractivity contribution < 1.29 is 12.8 Å². The minimum Gasteiger partial charge on any atom is -0.358 e. The number of sulfone groups is 1. The zero-order valence-corrected chi connectivity index (χ0v) is 14.9. The van der Waals surface area contributed by atoms with Gasteiger partial charge in [0, 0.05) is 17.9 Å². The number of imidazole rings is 1. The molecule has 0 saturated carbocycles. The van der Waals surface area contributed by atoms with Gasteiger partial charge in [-0.25, -0.2) is 22.3 Å². The second-order valence-electron chi connectivity index (χ2n) is 5.73. The molecule has 1 aromatic carbocycles. The summed E-state index contributed by atoms with van der Waals surface area (Å²) >= 11 is 1.38. The third-order valence-corrected chi connectivity index (χ3v) is 5.31. The second-order valence-corrected chi connectivity index (χ2v) is 8.95. The van der Waals surface area contributed by atoms with Gasteiger partial charge >= 0.3 is 0 Å². The Morgan fingerprint density at radius 3 is 2.67 bits per heavy atom. The number of nitrogens with one attached hydrogen (secondary N) is 1. The van der Waals surface area contributed by atoms with Crippen LogP contribution in [0.15, 0.2) is 30.5 Å². The molecule has 24 heavy (non-hydrogen) atoms. The number of hydrogen-bond donors (Lipinski definition) is 1. The normalized spacial score (nSPS) is 13.3. The number of halogens is 1. The van der Waals surface area contributed by atoms with Crippen LogP contribution in [0.25, 0.3) is 16.2 Å². The summed E-state index contributed by atoms with van der Waals surface area (Å²) in [5.41, 5.74) is 1.55. The van der Waals surface area contributed by atoms with Crippen LogP contribution in [0.1, 0.15) is 13.3 Å². The summed E-state index contributed by atoms with van der Waals surface area (Å²) in [6.07, 6.45) is 3.53. The molecule has 6 nitrogen and oxygen atoms in total. The molecule has 3 rings (SSSR count). The number of fused-ring (bicyclic) bond motifs is 1. The van der Waals surface area contributed by atoms with Crippen LogP contribution >= 0.6 is 11.3 Å². The van der Waals surface area contributed by atoms with Gasteiger partial charge in [0.25, 0.3) is 0 Å². The van der Waals surface area contributed by atoms with Gasteiger partial charge in [-0.2, -0.15) is 0 Å². The molecule has 0 aliphatic rings. The molecule has 0 aliphatic carbocycles. The molecule has 0 spiro atoms. The lowest BCUT2D eigenvalue weighted by molar-refractivity contribution is 0.595. The molecule has 1 unspecified atom stereocenters. The Bertz CT molecular complexity index is 916. The van der Waals surface area contributed by atoms with E-state index in [1.165, 1.54) is 29.7 Å². The van der Waals surface area contributed by atoms with Crippen LogP contribution in [0, 0.1) is 5.82 Å². The zero-order valence-electron chi connectivity index (χ0n) is 13.2. The van der Waals surface area contributed by atoms with Crippen LogP contribution in [0.3, 0.4) is 0 Å². The van der Waals surface area contributed by atoms with Crippen molar-refractivity contribution >= 4 is 31.3 Å². The molecule has 1 atom stereocenters. The smallest absolute Gasteiger partial charge is 0.214 e. The van der Waals surface area contributed by atoms with Gasteiger partial charge in [-0.3, -0.25) is 0 Å². The van der Waals surface area contributed by atoms with E-state index >= 15 is 0 Å². The highest BCUT2D eigenvalue weighted by Crippen LogP contribution is 2.25. The third-order valence-electron chi connectivity index (χ3n) is 3.47. The zero-order chi connectivity index (χ0) is 17.3. The SMILES string of the molecule is CC(CCS(C)(=O)=O)Nc1nn2cc(-c3ccc(F)cc3)nc2s1. The summed E-state index contributed by atoms with van der Waals surface area (Å²) in [6, 6.07) is 6.13. The van der Waals surface area contributed by atoms with Gasteiger partial charge in [-0.15, -0.1) is 5.10 Å². The van der Waals surface area contributed by atoms with Crippen molar-refractivity contribution in [2.24, 2.45) is 0 Å². The quantitative estimate of drug-likeness (QED) is 0.724. The summed E-state index contributed by atoms with van der Waals surface area (Å²) in [4.78, 5) is 5.20. The molecule has 0 saturated heterocycles. The topological polar surface area (TPSA) is 76.4 Å². The van der Waals surface area contributed by atoms with Crippen molar-refractivity contribution in [2.75, 3.05) is 17.3 Å². The van der Waals surface area contributed by atoms with Crippen LogP contribution in [-0.4, -0.2) is 41.1 Å². The van der Waals surface area contributed by atoms with Crippen LogP contribution < -0.4 is 5.32 Å². The third kappa shape index (κ3) is 4.09. The molecular weight excluding hydrogens is 351 g/mol. The molecule has 2 aromatic heterocycles. The molecule has 1 N–H and O–H groups in total. The highest BCUT2D eigenvalue weighted by Gasteiger charge is 2.13. The van der Waals surface area contributed by atoms with E-state index in [0.717, 1.165) is 11.3 Å². The predicted molar refractivity (Wildman–Crippen MR) is 93.7 cm³/mol. The monoisotopic (exact) mass is 368 g/mol. The molecular formula is C15H17FN4O2S2. The molecule has 2 heterocycles. The average Bonchev–Trinajstić information content (AvgIpc) is 3.03.